The molecule has 0 aliphatic rings. The molecule has 3 rings (SSSR count). The summed E-state index contributed by atoms with van der Waals surface area (Å²) < 4.78 is 6.92. The monoisotopic (exact) mass is 436 g/mol. The molecular formula is C24H28N4O4. The van der Waals surface area contributed by atoms with E-state index >= 15 is 0 Å². The predicted octanol–water partition coefficient (Wildman–Crippen LogP) is 4.46. The molecule has 0 saturated carbocycles. The topological polar surface area (TPSA) is 122 Å². The number of rotatable bonds is 12. The van der Waals surface area contributed by atoms with Crippen molar-refractivity contribution < 1.29 is 19.1 Å². The van der Waals surface area contributed by atoms with Gasteiger partial charge in [-0.25, -0.2) is 9.97 Å². The molecule has 0 saturated heterocycles. The molecule has 0 unspecified atom stereocenters. The van der Waals surface area contributed by atoms with Crippen LogP contribution in [0, 0.1) is 17.2 Å². The number of aryl methyl sites for hydroxylation is 2. The van der Waals surface area contributed by atoms with E-state index in [9.17, 15) is 14.9 Å². The Kier molecular flexibility index (Phi) is 7.77. The largest absolute Gasteiger partial charge is 0.481 e. The second-order valence-electron chi connectivity index (χ2n) is 8.31. The average Bonchev–Trinajstić information content (AvgIpc) is 3.36. The number of pyridine rings is 1. The van der Waals surface area contributed by atoms with Gasteiger partial charge in [-0.05, 0) is 37.7 Å². The Bertz CT molecular complexity index is 1130. The summed E-state index contributed by atoms with van der Waals surface area (Å²) in [6, 6.07) is 3.79. The number of fused-ring (bicyclic) bond motifs is 1. The van der Waals surface area contributed by atoms with Crippen molar-refractivity contribution in [2.24, 2.45) is 13.0 Å². The highest BCUT2D eigenvalue weighted by Crippen LogP contribution is 2.29. The van der Waals surface area contributed by atoms with Crippen LogP contribution in [0.15, 0.2) is 29.3 Å². The Morgan fingerprint density at radius 3 is 2.59 bits per heavy atom. The van der Waals surface area contributed by atoms with Gasteiger partial charge in [-0.3, -0.25) is 9.59 Å². The SMILES string of the molecule is C[C@H](CC(=O)O)CC(=O)c1c(CCCCCCc2cocn2)n(C)c2ncc(C#N)cc12. The van der Waals surface area contributed by atoms with E-state index in [1.165, 1.54) is 12.6 Å². The van der Waals surface area contributed by atoms with Gasteiger partial charge in [0.25, 0.3) is 0 Å². The third-order valence-electron chi connectivity index (χ3n) is 5.69. The fourth-order valence-corrected chi connectivity index (χ4v) is 4.13. The lowest BCUT2D eigenvalue weighted by molar-refractivity contribution is -0.137. The first-order valence-corrected chi connectivity index (χ1v) is 10.9. The molecule has 168 valence electrons. The van der Waals surface area contributed by atoms with Crippen molar-refractivity contribution in [3.63, 3.8) is 0 Å². The molecule has 0 radical (unpaired) electrons. The minimum absolute atomic E-state index is 0.0565. The molecule has 1 N–H and O–H groups in total. The van der Waals surface area contributed by atoms with Crippen molar-refractivity contribution in [3.8, 4) is 6.07 Å². The summed E-state index contributed by atoms with van der Waals surface area (Å²) in [5.74, 6) is -1.28. The Hall–Kier alpha value is -3.47. The molecule has 3 aromatic heterocycles. The quantitative estimate of drug-likeness (QED) is 0.328. The molecular weight excluding hydrogens is 408 g/mol. The number of ketones is 1. The summed E-state index contributed by atoms with van der Waals surface area (Å²) in [4.78, 5) is 32.8. The van der Waals surface area contributed by atoms with Crippen LogP contribution in [0.25, 0.3) is 11.0 Å². The lowest BCUT2D eigenvalue weighted by Crippen LogP contribution is -2.12. The summed E-state index contributed by atoms with van der Waals surface area (Å²) in [6.45, 7) is 1.77. The number of aliphatic carboxylic acids is 1. The van der Waals surface area contributed by atoms with Gasteiger partial charge in [0.15, 0.2) is 12.2 Å². The maximum atomic E-state index is 13.2. The predicted molar refractivity (Wildman–Crippen MR) is 118 cm³/mol. The van der Waals surface area contributed by atoms with Crippen LogP contribution >= 0.6 is 0 Å². The van der Waals surface area contributed by atoms with Gasteiger partial charge in [-0.15, -0.1) is 0 Å². The van der Waals surface area contributed by atoms with Gasteiger partial charge in [0.2, 0.25) is 0 Å². The normalized spacial score (nSPS) is 12.0. The Labute approximate surface area is 186 Å². The maximum Gasteiger partial charge on any atom is 0.303 e. The van der Waals surface area contributed by atoms with Crippen molar-refractivity contribution in [1.29, 1.82) is 5.26 Å². The first kappa shape index (κ1) is 23.2. The molecule has 32 heavy (non-hydrogen) atoms. The maximum absolute atomic E-state index is 13.2. The number of nitrogens with zero attached hydrogens (tertiary/aromatic N) is 4. The standard InChI is InChI=1S/C24H28N4O4/c1-16(10-22(30)31)9-21(29)23-19-11-17(12-25)13-26-24(19)28(2)20(23)8-6-4-3-5-7-18-14-32-15-27-18/h11,13-16H,3-10H2,1-2H3,(H,30,31)/t16-/m0/s1. The van der Waals surface area contributed by atoms with E-state index in [1.807, 2.05) is 11.6 Å². The van der Waals surface area contributed by atoms with Crippen molar-refractivity contribution in [3.05, 3.63) is 47.4 Å². The highest BCUT2D eigenvalue weighted by atomic mass is 16.4. The van der Waals surface area contributed by atoms with Gasteiger partial charge >= 0.3 is 5.97 Å². The molecule has 3 aromatic rings. The zero-order valence-corrected chi connectivity index (χ0v) is 18.5. The second-order valence-corrected chi connectivity index (χ2v) is 8.31. The van der Waals surface area contributed by atoms with Crippen LogP contribution in [0.4, 0.5) is 0 Å². The van der Waals surface area contributed by atoms with Crippen molar-refractivity contribution in [1.82, 2.24) is 14.5 Å². The van der Waals surface area contributed by atoms with E-state index in [4.69, 9.17) is 9.52 Å². The zero-order valence-electron chi connectivity index (χ0n) is 18.5. The van der Waals surface area contributed by atoms with Crippen molar-refractivity contribution >= 4 is 22.8 Å². The number of Topliss-reactive ketones (excluding diaryl/α,β-unsaturated/α-hetero) is 1. The number of carbonyl (C=O) groups is 2. The van der Waals surface area contributed by atoms with Gasteiger partial charge < -0.3 is 14.1 Å². The van der Waals surface area contributed by atoms with Gasteiger partial charge in [0, 0.05) is 42.7 Å². The number of carbonyl (C=O) groups excluding carboxylic acids is 1. The molecule has 0 spiro atoms. The number of hydrogen-bond donors (Lipinski definition) is 1. The van der Waals surface area contributed by atoms with E-state index in [-0.39, 0.29) is 24.5 Å². The third-order valence-corrected chi connectivity index (χ3v) is 5.69. The van der Waals surface area contributed by atoms with Crippen LogP contribution in [0.3, 0.4) is 0 Å². The lowest BCUT2D eigenvalue weighted by atomic mass is 9.94. The summed E-state index contributed by atoms with van der Waals surface area (Å²) in [6.07, 6.45) is 10.3. The number of nitriles is 1. The van der Waals surface area contributed by atoms with Gasteiger partial charge in [-0.2, -0.15) is 5.26 Å². The third kappa shape index (κ3) is 5.61. The fraction of sp³-hybridized carbons (Fsp3) is 0.458. The Morgan fingerprint density at radius 1 is 1.19 bits per heavy atom. The number of carboxylic acids is 1. The van der Waals surface area contributed by atoms with Gasteiger partial charge in [-0.1, -0.05) is 19.8 Å². The smallest absolute Gasteiger partial charge is 0.303 e. The molecule has 8 heteroatoms. The van der Waals surface area contributed by atoms with E-state index < -0.39 is 5.97 Å². The highest BCUT2D eigenvalue weighted by Gasteiger charge is 2.24. The summed E-state index contributed by atoms with van der Waals surface area (Å²) in [7, 11) is 1.89. The van der Waals surface area contributed by atoms with Crippen LogP contribution in [0.5, 0.6) is 0 Å². The van der Waals surface area contributed by atoms with E-state index in [0.29, 0.717) is 28.6 Å². The van der Waals surface area contributed by atoms with Crippen LogP contribution in [-0.2, 0) is 24.7 Å². The van der Waals surface area contributed by atoms with Crippen LogP contribution in [0.1, 0.15) is 72.8 Å². The summed E-state index contributed by atoms with van der Waals surface area (Å²) in [5.41, 5.74) is 3.49. The fourth-order valence-electron chi connectivity index (χ4n) is 4.13. The van der Waals surface area contributed by atoms with E-state index in [0.717, 1.165) is 43.5 Å². The number of oxazole rings is 1. The zero-order chi connectivity index (χ0) is 23.1. The van der Waals surface area contributed by atoms with Crippen molar-refractivity contribution in [2.45, 2.75) is 58.3 Å². The summed E-state index contributed by atoms with van der Waals surface area (Å²) >= 11 is 0. The first-order valence-electron chi connectivity index (χ1n) is 10.9. The van der Waals surface area contributed by atoms with Crippen molar-refractivity contribution in [2.75, 3.05) is 0 Å². The van der Waals surface area contributed by atoms with E-state index in [2.05, 4.69) is 16.0 Å². The molecule has 3 heterocycles. The average molecular weight is 437 g/mol. The molecule has 0 aliphatic carbocycles. The van der Waals surface area contributed by atoms with Crippen LogP contribution < -0.4 is 0 Å². The number of carboxylic acid groups (broad SMARTS) is 1. The minimum atomic E-state index is -0.914. The van der Waals surface area contributed by atoms with Gasteiger partial charge in [0.05, 0.1) is 11.3 Å². The van der Waals surface area contributed by atoms with Gasteiger partial charge in [0.1, 0.15) is 18.0 Å². The molecule has 0 amide bonds. The molecule has 0 fully saturated rings. The molecule has 0 aliphatic heterocycles. The Morgan fingerprint density at radius 2 is 1.94 bits per heavy atom. The number of unbranched alkanes of at least 4 members (excludes halogenated alkanes) is 3. The first-order chi connectivity index (χ1) is 15.4. The minimum Gasteiger partial charge on any atom is -0.481 e. The number of aromatic nitrogens is 3. The van der Waals surface area contributed by atoms with E-state index in [1.54, 1.807) is 19.3 Å². The second kappa shape index (κ2) is 10.7. The molecule has 0 aromatic carbocycles. The Balaban J connectivity index is 1.75. The molecule has 1 atom stereocenters. The highest BCUT2D eigenvalue weighted by molar-refractivity contribution is 6.09. The molecule has 0 bridgehead atoms. The van der Waals surface area contributed by atoms with Crippen LogP contribution in [-0.4, -0.2) is 31.4 Å². The lowest BCUT2D eigenvalue weighted by Gasteiger charge is -2.10. The van der Waals surface area contributed by atoms with Crippen LogP contribution in [0.2, 0.25) is 0 Å². The number of hydrogen-bond acceptors (Lipinski definition) is 6. The molecule has 8 nitrogen and oxygen atoms in total. The summed E-state index contributed by atoms with van der Waals surface area (Å²) in [5, 5.41) is 19.0.